The van der Waals surface area contributed by atoms with Crippen molar-refractivity contribution in [1.82, 2.24) is 4.98 Å². The van der Waals surface area contributed by atoms with Crippen LogP contribution in [-0.2, 0) is 0 Å². The smallest absolute Gasteiger partial charge is 0.385 e. The number of halogens is 3. The molecule has 1 atom stereocenters. The highest BCUT2D eigenvalue weighted by atomic mass is 32.2. The van der Waals surface area contributed by atoms with E-state index in [0.717, 1.165) is 11.3 Å². The first-order valence-corrected chi connectivity index (χ1v) is 8.36. The molecule has 1 aliphatic rings. The van der Waals surface area contributed by atoms with Gasteiger partial charge in [-0.15, -0.1) is 0 Å². The molecule has 23 heavy (non-hydrogen) atoms. The van der Waals surface area contributed by atoms with Crippen molar-refractivity contribution >= 4 is 29.2 Å². The molecule has 0 spiro atoms. The summed E-state index contributed by atoms with van der Waals surface area (Å²) in [6.07, 6.45) is 3.44. The van der Waals surface area contributed by atoms with Gasteiger partial charge in [-0.3, -0.25) is 4.98 Å². The fourth-order valence-corrected chi connectivity index (χ4v) is 3.81. The molecule has 0 aliphatic carbocycles. The molecule has 8 heteroatoms. The number of rotatable bonds is 3. The second kappa shape index (κ2) is 6.37. The van der Waals surface area contributed by atoms with Crippen LogP contribution in [-0.4, -0.2) is 10.5 Å². The predicted molar refractivity (Wildman–Crippen MR) is 87.7 cm³/mol. The Kier molecular flexibility index (Phi) is 4.45. The average Bonchev–Trinajstić information content (AvgIpc) is 2.89. The van der Waals surface area contributed by atoms with Crippen LogP contribution in [0.25, 0.3) is 0 Å². The lowest BCUT2D eigenvalue weighted by molar-refractivity contribution is -0.0328. The largest absolute Gasteiger partial charge is 0.446 e. The zero-order valence-electron chi connectivity index (χ0n) is 11.7. The third-order valence-electron chi connectivity index (χ3n) is 3.15. The summed E-state index contributed by atoms with van der Waals surface area (Å²) >= 11 is 1.40. The van der Waals surface area contributed by atoms with E-state index in [1.54, 1.807) is 24.5 Å². The SMILES string of the molecule is NC1=CSC(c2cccnc2)N1c1ccc(SC(F)(F)F)cc1. The summed E-state index contributed by atoms with van der Waals surface area (Å²) in [6.45, 7) is 0. The molecule has 0 fully saturated rings. The van der Waals surface area contributed by atoms with Gasteiger partial charge in [0.15, 0.2) is 0 Å². The van der Waals surface area contributed by atoms with Crippen LogP contribution in [0.5, 0.6) is 0 Å². The minimum Gasteiger partial charge on any atom is -0.385 e. The van der Waals surface area contributed by atoms with Crippen molar-refractivity contribution in [3.8, 4) is 0 Å². The van der Waals surface area contributed by atoms with Crippen LogP contribution in [0.4, 0.5) is 18.9 Å². The van der Waals surface area contributed by atoms with Gasteiger partial charge < -0.3 is 10.6 Å². The summed E-state index contributed by atoms with van der Waals surface area (Å²) in [5.74, 6) is 0.556. The summed E-state index contributed by atoms with van der Waals surface area (Å²) in [5, 5.41) is 1.75. The van der Waals surface area contributed by atoms with Crippen molar-refractivity contribution in [3.05, 3.63) is 65.6 Å². The van der Waals surface area contributed by atoms with E-state index in [1.165, 1.54) is 23.9 Å². The van der Waals surface area contributed by atoms with Gasteiger partial charge in [0.2, 0.25) is 0 Å². The van der Waals surface area contributed by atoms with E-state index in [-0.39, 0.29) is 22.0 Å². The minimum absolute atomic E-state index is 0.0789. The lowest BCUT2D eigenvalue weighted by atomic mass is 10.2. The van der Waals surface area contributed by atoms with Gasteiger partial charge in [0, 0.05) is 33.9 Å². The van der Waals surface area contributed by atoms with Crippen molar-refractivity contribution in [1.29, 1.82) is 0 Å². The van der Waals surface area contributed by atoms with Crippen LogP contribution in [0.15, 0.2) is 64.9 Å². The Bertz CT molecular complexity index is 702. The number of alkyl halides is 3. The molecule has 1 aromatic carbocycles. The minimum atomic E-state index is -4.29. The fraction of sp³-hybridized carbons (Fsp3) is 0.133. The molecule has 0 saturated heterocycles. The summed E-state index contributed by atoms with van der Waals surface area (Å²) in [4.78, 5) is 6.13. The van der Waals surface area contributed by atoms with Crippen molar-refractivity contribution in [2.45, 2.75) is 15.8 Å². The summed E-state index contributed by atoms with van der Waals surface area (Å²) in [5.41, 5.74) is 3.46. The second-order valence-electron chi connectivity index (χ2n) is 4.73. The quantitative estimate of drug-likeness (QED) is 0.808. The van der Waals surface area contributed by atoms with Crippen molar-refractivity contribution in [3.63, 3.8) is 0 Å². The third kappa shape index (κ3) is 3.76. The van der Waals surface area contributed by atoms with E-state index in [4.69, 9.17) is 5.73 Å². The molecule has 2 N–H and O–H groups in total. The molecule has 1 unspecified atom stereocenters. The number of anilines is 1. The van der Waals surface area contributed by atoms with Gasteiger partial charge in [-0.05, 0) is 42.1 Å². The molecule has 0 radical (unpaired) electrons. The molecular formula is C15H12F3N3S2. The van der Waals surface area contributed by atoms with E-state index in [1.807, 2.05) is 22.4 Å². The molecule has 0 saturated carbocycles. The maximum atomic E-state index is 12.4. The van der Waals surface area contributed by atoms with Gasteiger partial charge in [-0.25, -0.2) is 0 Å². The zero-order valence-corrected chi connectivity index (χ0v) is 13.3. The summed E-state index contributed by atoms with van der Waals surface area (Å²) in [6, 6.07) is 9.96. The maximum Gasteiger partial charge on any atom is 0.446 e. The molecular weight excluding hydrogens is 343 g/mol. The first kappa shape index (κ1) is 16.1. The molecule has 0 bridgehead atoms. The first-order valence-electron chi connectivity index (χ1n) is 6.60. The number of nitrogens with zero attached hydrogens (tertiary/aromatic N) is 2. The van der Waals surface area contributed by atoms with Crippen molar-refractivity contribution in [2.75, 3.05) is 4.90 Å². The number of hydrogen-bond acceptors (Lipinski definition) is 5. The van der Waals surface area contributed by atoms with Crippen LogP contribution in [0, 0.1) is 0 Å². The standard InChI is InChI=1S/C15H12F3N3S2/c16-15(17,18)23-12-5-3-11(4-6-12)21-13(19)9-22-14(21)10-2-1-7-20-8-10/h1-9,14H,19H2. The van der Waals surface area contributed by atoms with E-state index in [9.17, 15) is 13.2 Å². The van der Waals surface area contributed by atoms with Gasteiger partial charge in [0.05, 0.1) is 0 Å². The number of aromatic nitrogens is 1. The number of benzene rings is 1. The molecule has 3 nitrogen and oxygen atoms in total. The van der Waals surface area contributed by atoms with Crippen LogP contribution in [0.1, 0.15) is 10.9 Å². The lowest BCUT2D eigenvalue weighted by Gasteiger charge is -2.27. The van der Waals surface area contributed by atoms with Gasteiger partial charge in [0.25, 0.3) is 0 Å². The number of pyridine rings is 1. The Balaban J connectivity index is 1.85. The molecule has 3 rings (SSSR count). The van der Waals surface area contributed by atoms with Gasteiger partial charge >= 0.3 is 5.51 Å². The second-order valence-corrected chi connectivity index (χ2v) is 6.82. The van der Waals surface area contributed by atoms with Crippen LogP contribution in [0.3, 0.4) is 0 Å². The Hall–Kier alpha value is -1.80. The monoisotopic (exact) mass is 355 g/mol. The Labute approximate surface area is 139 Å². The fourth-order valence-electron chi connectivity index (χ4n) is 2.23. The number of nitrogens with two attached hydrogens (primary N) is 1. The lowest BCUT2D eigenvalue weighted by Crippen LogP contribution is -2.26. The van der Waals surface area contributed by atoms with Gasteiger partial charge in [-0.2, -0.15) is 13.2 Å². The van der Waals surface area contributed by atoms with Gasteiger partial charge in [0.1, 0.15) is 11.2 Å². The predicted octanol–water partition coefficient (Wildman–Crippen LogP) is 4.70. The highest BCUT2D eigenvalue weighted by molar-refractivity contribution is 8.02. The topological polar surface area (TPSA) is 42.1 Å². The van der Waals surface area contributed by atoms with E-state index in [2.05, 4.69) is 4.98 Å². The van der Waals surface area contributed by atoms with E-state index < -0.39 is 5.51 Å². The van der Waals surface area contributed by atoms with Crippen molar-refractivity contribution in [2.24, 2.45) is 5.73 Å². The molecule has 120 valence electrons. The highest BCUT2D eigenvalue weighted by Crippen LogP contribution is 2.44. The van der Waals surface area contributed by atoms with Crippen molar-refractivity contribution < 1.29 is 13.2 Å². The summed E-state index contributed by atoms with van der Waals surface area (Å²) in [7, 11) is 0. The number of hydrogen-bond donors (Lipinski definition) is 1. The van der Waals surface area contributed by atoms with Gasteiger partial charge in [-0.1, -0.05) is 17.8 Å². The summed E-state index contributed by atoms with van der Waals surface area (Å²) < 4.78 is 37.2. The molecule has 1 aromatic heterocycles. The molecule has 2 heterocycles. The highest BCUT2D eigenvalue weighted by Gasteiger charge is 2.30. The van der Waals surface area contributed by atoms with Crippen LogP contribution in [0.2, 0.25) is 0 Å². The Morgan fingerprint density at radius 3 is 2.52 bits per heavy atom. The molecule has 2 aromatic rings. The van der Waals surface area contributed by atoms with E-state index >= 15 is 0 Å². The van der Waals surface area contributed by atoms with Crippen LogP contribution < -0.4 is 10.6 Å². The maximum absolute atomic E-state index is 12.4. The van der Waals surface area contributed by atoms with E-state index in [0.29, 0.717) is 5.82 Å². The third-order valence-corrected chi connectivity index (χ3v) is 5.01. The molecule has 1 aliphatic heterocycles. The van der Waals surface area contributed by atoms with Crippen LogP contribution >= 0.6 is 23.5 Å². The normalized spacial score (nSPS) is 18.1. The Morgan fingerprint density at radius 2 is 1.91 bits per heavy atom. The zero-order chi connectivity index (χ0) is 16.4. The Morgan fingerprint density at radius 1 is 1.17 bits per heavy atom. The first-order chi connectivity index (χ1) is 10.9. The average molecular weight is 355 g/mol. The number of thioether (sulfide) groups is 2. The molecule has 0 amide bonds.